The van der Waals surface area contributed by atoms with Crippen LogP contribution in [0.1, 0.15) is 31.7 Å². The first-order valence-electron chi connectivity index (χ1n) is 9.74. The molecule has 9 N–H and O–H groups in total. The molecule has 158 valence electrons. The molecule has 0 unspecified atom stereocenters. The zero-order chi connectivity index (χ0) is 21.4. The second-order valence-electron chi connectivity index (χ2n) is 7.16. The first-order valence-corrected chi connectivity index (χ1v) is 9.74. The van der Waals surface area contributed by atoms with E-state index in [0.29, 0.717) is 19.4 Å². The zero-order valence-corrected chi connectivity index (χ0v) is 16.6. The van der Waals surface area contributed by atoms with E-state index >= 15 is 0 Å². The average molecular weight is 402 g/mol. The van der Waals surface area contributed by atoms with E-state index in [-0.39, 0.29) is 6.42 Å². The van der Waals surface area contributed by atoms with Crippen molar-refractivity contribution in [2.24, 2.45) is 17.2 Å². The van der Waals surface area contributed by atoms with Gasteiger partial charge >= 0.3 is 0 Å². The van der Waals surface area contributed by atoms with Crippen LogP contribution in [0.25, 0.3) is 10.9 Å². The maximum absolute atomic E-state index is 12.9. The van der Waals surface area contributed by atoms with Crippen LogP contribution in [-0.4, -0.2) is 47.4 Å². The number of benzene rings is 1. The molecule has 0 saturated carbocycles. The van der Waals surface area contributed by atoms with Crippen LogP contribution in [0.15, 0.2) is 30.5 Å². The predicted molar refractivity (Wildman–Crippen MR) is 112 cm³/mol. The van der Waals surface area contributed by atoms with Gasteiger partial charge < -0.3 is 32.8 Å². The molecule has 0 radical (unpaired) electrons. The molecule has 3 amide bonds. The molecule has 2 rings (SSSR count). The van der Waals surface area contributed by atoms with Gasteiger partial charge in [0.2, 0.25) is 17.7 Å². The highest BCUT2D eigenvalue weighted by Crippen LogP contribution is 2.19. The van der Waals surface area contributed by atoms with E-state index < -0.39 is 35.8 Å². The highest BCUT2D eigenvalue weighted by molar-refractivity contribution is 5.93. The van der Waals surface area contributed by atoms with Crippen LogP contribution < -0.4 is 27.8 Å². The van der Waals surface area contributed by atoms with E-state index in [0.717, 1.165) is 22.9 Å². The summed E-state index contributed by atoms with van der Waals surface area (Å²) in [5, 5.41) is 6.28. The Kier molecular flexibility index (Phi) is 8.17. The Bertz CT molecular complexity index is 848. The summed E-state index contributed by atoms with van der Waals surface area (Å²) < 4.78 is 0. The van der Waals surface area contributed by atoms with Crippen molar-refractivity contribution < 1.29 is 14.4 Å². The molecular weight excluding hydrogens is 372 g/mol. The number of para-hydroxylation sites is 1. The fourth-order valence-electron chi connectivity index (χ4n) is 3.08. The number of hydrogen-bond donors (Lipinski definition) is 6. The molecule has 9 heteroatoms. The third-order valence-electron chi connectivity index (χ3n) is 4.75. The van der Waals surface area contributed by atoms with Gasteiger partial charge in [-0.2, -0.15) is 0 Å². The number of primary amides is 1. The number of hydrogen-bond acceptors (Lipinski definition) is 5. The summed E-state index contributed by atoms with van der Waals surface area (Å²) in [6.45, 7) is 2.03. The van der Waals surface area contributed by atoms with Gasteiger partial charge in [0, 0.05) is 23.5 Å². The molecule has 1 heterocycles. The Morgan fingerprint density at radius 1 is 1.07 bits per heavy atom. The van der Waals surface area contributed by atoms with Gasteiger partial charge in [-0.25, -0.2) is 0 Å². The summed E-state index contributed by atoms with van der Waals surface area (Å²) in [6, 6.07) is 5.16. The molecule has 0 spiro atoms. The number of unbranched alkanes of at least 4 members (excludes halogenated alkanes) is 1. The number of fused-ring (bicyclic) bond motifs is 1. The quantitative estimate of drug-likeness (QED) is 0.282. The Morgan fingerprint density at radius 2 is 1.76 bits per heavy atom. The van der Waals surface area contributed by atoms with Crippen molar-refractivity contribution in [1.29, 1.82) is 0 Å². The number of aromatic nitrogens is 1. The van der Waals surface area contributed by atoms with E-state index in [1.54, 1.807) is 6.20 Å². The van der Waals surface area contributed by atoms with Crippen LogP contribution in [-0.2, 0) is 20.8 Å². The molecule has 1 aromatic heterocycles. The molecule has 9 nitrogen and oxygen atoms in total. The average Bonchev–Trinajstić information content (AvgIpc) is 3.09. The first kappa shape index (κ1) is 22.4. The molecule has 0 aliphatic heterocycles. The fourth-order valence-corrected chi connectivity index (χ4v) is 3.08. The van der Waals surface area contributed by atoms with Crippen LogP contribution in [0, 0.1) is 0 Å². The van der Waals surface area contributed by atoms with E-state index in [9.17, 15) is 14.4 Å². The van der Waals surface area contributed by atoms with E-state index in [2.05, 4.69) is 15.6 Å². The summed E-state index contributed by atoms with van der Waals surface area (Å²) in [4.78, 5) is 39.9. The molecule has 29 heavy (non-hydrogen) atoms. The topological polar surface area (TPSA) is 169 Å². The standard InChI is InChI=1S/C20H30N6O3/c1-12(22)19(28)26-17(10-13-11-24-15-7-3-2-6-14(13)15)20(29)25-16(18(23)27)8-4-5-9-21/h2-3,6-7,11-12,16-17,24H,4-5,8-10,21-22H2,1H3,(H2,23,27)(H,25,29)(H,26,28)/t12-,16-,17-/m0/s1. The third-order valence-corrected chi connectivity index (χ3v) is 4.75. The maximum atomic E-state index is 12.9. The molecule has 0 aliphatic rings. The number of carbonyl (C=O) groups excluding carboxylic acids is 3. The third kappa shape index (κ3) is 6.30. The number of nitrogens with two attached hydrogens (primary N) is 3. The van der Waals surface area contributed by atoms with Crippen LogP contribution in [0.3, 0.4) is 0 Å². The van der Waals surface area contributed by atoms with Crippen molar-refractivity contribution in [3.05, 3.63) is 36.0 Å². The summed E-state index contributed by atoms with van der Waals surface area (Å²) in [5.74, 6) is -1.57. The first-order chi connectivity index (χ1) is 13.8. The molecule has 3 atom stereocenters. The number of nitrogens with one attached hydrogen (secondary N) is 3. The Hall–Kier alpha value is -2.91. The van der Waals surface area contributed by atoms with Gasteiger partial charge in [-0.05, 0) is 44.4 Å². The minimum Gasteiger partial charge on any atom is -0.368 e. The predicted octanol–water partition coefficient (Wildman–Crippen LogP) is -0.358. The number of rotatable bonds is 11. The molecule has 1 aromatic carbocycles. The SMILES string of the molecule is C[C@H](N)C(=O)N[C@@H](Cc1c[nH]c2ccccc12)C(=O)N[C@@H](CCCCN)C(N)=O. The second-order valence-corrected chi connectivity index (χ2v) is 7.16. The summed E-state index contributed by atoms with van der Waals surface area (Å²) >= 11 is 0. The lowest BCUT2D eigenvalue weighted by Gasteiger charge is -2.22. The highest BCUT2D eigenvalue weighted by atomic mass is 16.2. The van der Waals surface area contributed by atoms with E-state index in [4.69, 9.17) is 17.2 Å². The maximum Gasteiger partial charge on any atom is 0.243 e. The lowest BCUT2D eigenvalue weighted by molar-refractivity contribution is -0.131. The minimum atomic E-state index is -0.899. The van der Waals surface area contributed by atoms with Crippen molar-refractivity contribution in [3.8, 4) is 0 Å². The smallest absolute Gasteiger partial charge is 0.243 e. The van der Waals surface area contributed by atoms with Crippen molar-refractivity contribution in [2.45, 2.75) is 50.7 Å². The van der Waals surface area contributed by atoms with E-state index in [1.165, 1.54) is 6.92 Å². The normalized spacial score (nSPS) is 14.2. The lowest BCUT2D eigenvalue weighted by atomic mass is 10.0. The number of H-pyrrole nitrogens is 1. The number of carbonyl (C=O) groups is 3. The number of amides is 3. The van der Waals surface area contributed by atoms with Crippen molar-refractivity contribution in [2.75, 3.05) is 6.54 Å². The van der Waals surface area contributed by atoms with Crippen LogP contribution in [0.5, 0.6) is 0 Å². The molecule has 2 aromatic rings. The second kappa shape index (κ2) is 10.6. The fraction of sp³-hybridized carbons (Fsp3) is 0.450. The van der Waals surface area contributed by atoms with Gasteiger partial charge in [0.1, 0.15) is 12.1 Å². The van der Waals surface area contributed by atoms with Gasteiger partial charge in [-0.1, -0.05) is 18.2 Å². The van der Waals surface area contributed by atoms with Crippen LogP contribution >= 0.6 is 0 Å². The van der Waals surface area contributed by atoms with Gasteiger partial charge in [0.05, 0.1) is 6.04 Å². The van der Waals surface area contributed by atoms with Gasteiger partial charge in [-0.3, -0.25) is 14.4 Å². The number of aromatic amines is 1. The van der Waals surface area contributed by atoms with Crippen molar-refractivity contribution >= 4 is 28.6 Å². The molecule has 0 fully saturated rings. The summed E-state index contributed by atoms with van der Waals surface area (Å²) in [6.07, 6.45) is 3.81. The van der Waals surface area contributed by atoms with Gasteiger partial charge in [0.15, 0.2) is 0 Å². The Labute approximate surface area is 169 Å². The molecule has 0 saturated heterocycles. The monoisotopic (exact) mass is 402 g/mol. The zero-order valence-electron chi connectivity index (χ0n) is 16.6. The molecular formula is C20H30N6O3. The van der Waals surface area contributed by atoms with Gasteiger partial charge in [-0.15, -0.1) is 0 Å². The van der Waals surface area contributed by atoms with Crippen molar-refractivity contribution in [3.63, 3.8) is 0 Å². The van der Waals surface area contributed by atoms with Gasteiger partial charge in [0.25, 0.3) is 0 Å². The molecule has 0 bridgehead atoms. The van der Waals surface area contributed by atoms with Crippen molar-refractivity contribution in [1.82, 2.24) is 15.6 Å². The summed E-state index contributed by atoms with van der Waals surface area (Å²) in [7, 11) is 0. The minimum absolute atomic E-state index is 0.239. The largest absolute Gasteiger partial charge is 0.368 e. The lowest BCUT2D eigenvalue weighted by Crippen LogP contribution is -2.55. The molecule has 0 aliphatic carbocycles. The Balaban J connectivity index is 2.18. The Morgan fingerprint density at radius 3 is 2.41 bits per heavy atom. The highest BCUT2D eigenvalue weighted by Gasteiger charge is 2.27. The van der Waals surface area contributed by atoms with E-state index in [1.807, 2.05) is 24.3 Å². The van der Waals surface area contributed by atoms with Crippen LogP contribution in [0.4, 0.5) is 0 Å². The summed E-state index contributed by atoms with van der Waals surface area (Å²) in [5.41, 5.74) is 18.3. The van der Waals surface area contributed by atoms with Crippen LogP contribution in [0.2, 0.25) is 0 Å².